The zero-order valence-corrected chi connectivity index (χ0v) is 8.77. The molecular weight excluding hydrogens is 242 g/mol. The van der Waals surface area contributed by atoms with Crippen LogP contribution in [0.25, 0.3) is 10.5 Å². The van der Waals surface area contributed by atoms with Crippen LogP contribution in [-0.2, 0) is 0 Å². The summed E-state index contributed by atoms with van der Waals surface area (Å²) in [5.41, 5.74) is 1.58. The van der Waals surface area contributed by atoms with E-state index in [9.17, 15) is 0 Å². The van der Waals surface area contributed by atoms with Crippen LogP contribution >= 0.6 is 15.9 Å². The lowest BCUT2D eigenvalue weighted by atomic mass is 10.3. The molecule has 0 N–H and O–H groups in total. The molecule has 2 rings (SSSR count). The zero-order chi connectivity index (χ0) is 9.97. The van der Waals surface area contributed by atoms with Crippen molar-refractivity contribution in [3.63, 3.8) is 0 Å². The summed E-state index contributed by atoms with van der Waals surface area (Å²) < 4.78 is 2.65. The van der Waals surface area contributed by atoms with E-state index >= 15 is 0 Å². The lowest BCUT2D eigenvalue weighted by molar-refractivity contribution is 0.861. The maximum Gasteiger partial charge on any atom is 0.187 e. The Balaban J connectivity index is 2.45. The number of rotatable bonds is 1. The van der Waals surface area contributed by atoms with Crippen LogP contribution in [-0.4, -0.2) is 9.78 Å². The molecule has 0 radical (unpaired) electrons. The summed E-state index contributed by atoms with van der Waals surface area (Å²) in [5.74, 6) is 0. The molecule has 3 nitrogen and oxygen atoms in total. The number of halogens is 1. The molecule has 0 saturated carbocycles. The van der Waals surface area contributed by atoms with E-state index in [1.807, 2.05) is 18.2 Å². The maximum atomic E-state index is 6.82. The first kappa shape index (κ1) is 8.97. The van der Waals surface area contributed by atoms with Crippen molar-refractivity contribution in [1.29, 1.82) is 0 Å². The van der Waals surface area contributed by atoms with Crippen molar-refractivity contribution in [2.75, 3.05) is 0 Å². The van der Waals surface area contributed by atoms with E-state index in [1.54, 1.807) is 23.0 Å². The first-order valence-corrected chi connectivity index (χ1v) is 4.78. The average Bonchev–Trinajstić information content (AvgIpc) is 2.65. The molecule has 2 aromatic rings. The number of hydrogen-bond acceptors (Lipinski definition) is 1. The minimum absolute atomic E-state index is 0.636. The Hall–Kier alpha value is -1.60. The third-order valence-corrected chi connectivity index (χ3v) is 2.42. The lowest BCUT2D eigenvalue weighted by Crippen LogP contribution is -1.94. The highest BCUT2D eigenvalue weighted by molar-refractivity contribution is 9.10. The Kier molecular flexibility index (Phi) is 2.33. The summed E-state index contributed by atoms with van der Waals surface area (Å²) in [4.78, 5) is 3.32. The van der Waals surface area contributed by atoms with E-state index in [4.69, 9.17) is 6.57 Å². The molecule has 0 saturated heterocycles. The number of benzene rings is 1. The Bertz CT molecular complexity index is 479. The fourth-order valence-electron chi connectivity index (χ4n) is 1.15. The second kappa shape index (κ2) is 3.64. The molecule has 4 heteroatoms. The fraction of sp³-hybridized carbons (Fsp3) is 0. The normalized spacial score (nSPS) is 9.71. The molecule has 68 valence electrons. The van der Waals surface area contributed by atoms with Gasteiger partial charge in [0, 0.05) is 0 Å². The van der Waals surface area contributed by atoms with Crippen LogP contribution in [0.3, 0.4) is 0 Å². The third-order valence-electron chi connectivity index (χ3n) is 1.82. The second-order valence-corrected chi connectivity index (χ2v) is 3.51. The molecule has 0 amide bonds. The van der Waals surface area contributed by atoms with Gasteiger partial charge in [-0.05, 0) is 34.1 Å². The van der Waals surface area contributed by atoms with Gasteiger partial charge in [-0.25, -0.2) is 9.53 Å². The molecule has 0 aliphatic carbocycles. The summed E-state index contributed by atoms with van der Waals surface area (Å²) in [6.45, 7) is 6.82. The average molecular weight is 248 g/mol. The van der Waals surface area contributed by atoms with Gasteiger partial charge in [-0.15, -0.1) is 0 Å². The predicted octanol–water partition coefficient (Wildman–Crippen LogP) is 3.19. The van der Waals surface area contributed by atoms with Crippen molar-refractivity contribution >= 4 is 21.6 Å². The van der Waals surface area contributed by atoms with E-state index in [0.717, 1.165) is 10.3 Å². The topological polar surface area (TPSA) is 22.2 Å². The smallest absolute Gasteiger partial charge is 0.187 e. The Labute approximate surface area is 89.9 Å². The fourth-order valence-corrected chi connectivity index (χ4v) is 1.56. The molecule has 0 aliphatic heterocycles. The summed E-state index contributed by atoms with van der Waals surface area (Å²) in [5, 5.41) is 4.13. The van der Waals surface area contributed by atoms with Gasteiger partial charge in [0.2, 0.25) is 0 Å². The number of hydrogen-bond donors (Lipinski definition) is 0. The Morgan fingerprint density at radius 1 is 1.21 bits per heavy atom. The Morgan fingerprint density at radius 3 is 2.43 bits per heavy atom. The molecule has 0 bridgehead atoms. The molecule has 1 heterocycles. The van der Waals surface area contributed by atoms with Crippen LogP contribution in [0.2, 0.25) is 0 Å². The van der Waals surface area contributed by atoms with Gasteiger partial charge in [0.15, 0.2) is 5.69 Å². The van der Waals surface area contributed by atoms with Crippen molar-refractivity contribution in [2.24, 2.45) is 0 Å². The van der Waals surface area contributed by atoms with Crippen LogP contribution in [0.15, 0.2) is 41.1 Å². The van der Waals surface area contributed by atoms with Gasteiger partial charge in [-0.3, -0.25) is 0 Å². The maximum absolute atomic E-state index is 6.82. The lowest BCUT2D eigenvalue weighted by Gasteiger charge is -2.02. The van der Waals surface area contributed by atoms with Gasteiger partial charge in [0.1, 0.15) is 4.60 Å². The van der Waals surface area contributed by atoms with Gasteiger partial charge in [0.25, 0.3) is 0 Å². The Morgan fingerprint density at radius 2 is 1.93 bits per heavy atom. The van der Waals surface area contributed by atoms with Gasteiger partial charge in [-0.1, -0.05) is 12.1 Å². The zero-order valence-electron chi connectivity index (χ0n) is 7.18. The van der Waals surface area contributed by atoms with Crippen molar-refractivity contribution in [1.82, 2.24) is 9.78 Å². The summed E-state index contributed by atoms with van der Waals surface area (Å²) >= 11 is 3.38. The molecule has 1 aromatic carbocycles. The van der Waals surface area contributed by atoms with E-state index in [-0.39, 0.29) is 0 Å². The molecule has 0 spiro atoms. The van der Waals surface area contributed by atoms with Crippen LogP contribution in [0, 0.1) is 6.57 Å². The molecule has 0 fully saturated rings. The van der Waals surface area contributed by atoms with Gasteiger partial charge >= 0.3 is 0 Å². The SMILES string of the molecule is [C-]#[N+]c1ccc(-n2nccc2Br)cc1. The summed E-state index contributed by atoms with van der Waals surface area (Å²) in [7, 11) is 0. The summed E-state index contributed by atoms with van der Waals surface area (Å²) in [6.07, 6.45) is 1.72. The molecule has 14 heavy (non-hydrogen) atoms. The van der Waals surface area contributed by atoms with Gasteiger partial charge < -0.3 is 0 Å². The van der Waals surface area contributed by atoms with E-state index in [1.165, 1.54) is 0 Å². The van der Waals surface area contributed by atoms with Crippen LogP contribution < -0.4 is 0 Å². The van der Waals surface area contributed by atoms with Crippen molar-refractivity contribution in [3.05, 3.63) is 52.5 Å². The van der Waals surface area contributed by atoms with Crippen molar-refractivity contribution in [2.45, 2.75) is 0 Å². The van der Waals surface area contributed by atoms with Crippen LogP contribution in [0.4, 0.5) is 5.69 Å². The largest absolute Gasteiger partial charge is 0.238 e. The minimum Gasteiger partial charge on any atom is -0.238 e. The number of nitrogens with zero attached hydrogens (tertiary/aromatic N) is 3. The third kappa shape index (κ3) is 1.54. The first-order chi connectivity index (χ1) is 6.81. The van der Waals surface area contributed by atoms with Gasteiger partial charge in [-0.2, -0.15) is 5.10 Å². The van der Waals surface area contributed by atoms with E-state index in [2.05, 4.69) is 25.9 Å². The van der Waals surface area contributed by atoms with Crippen molar-refractivity contribution in [3.8, 4) is 5.69 Å². The summed E-state index contributed by atoms with van der Waals surface area (Å²) in [6, 6.07) is 9.14. The number of aromatic nitrogens is 2. The molecule has 0 unspecified atom stereocenters. The molecular formula is C10H6BrN3. The predicted molar refractivity (Wildman–Crippen MR) is 57.5 cm³/mol. The van der Waals surface area contributed by atoms with Crippen LogP contribution in [0.1, 0.15) is 0 Å². The highest BCUT2D eigenvalue weighted by Crippen LogP contribution is 2.18. The van der Waals surface area contributed by atoms with E-state index < -0.39 is 0 Å². The quantitative estimate of drug-likeness (QED) is 0.710. The van der Waals surface area contributed by atoms with Crippen LogP contribution in [0.5, 0.6) is 0 Å². The van der Waals surface area contributed by atoms with Gasteiger partial charge in [0.05, 0.1) is 18.5 Å². The molecule has 0 atom stereocenters. The van der Waals surface area contributed by atoms with Crippen molar-refractivity contribution < 1.29 is 0 Å². The minimum atomic E-state index is 0.636. The highest BCUT2D eigenvalue weighted by Gasteiger charge is 2.00. The monoisotopic (exact) mass is 247 g/mol. The first-order valence-electron chi connectivity index (χ1n) is 3.98. The highest BCUT2D eigenvalue weighted by atomic mass is 79.9. The second-order valence-electron chi connectivity index (χ2n) is 2.69. The molecule has 1 aromatic heterocycles. The molecule has 0 aliphatic rings. The standard InChI is InChI=1S/C10H6BrN3/c1-12-8-2-4-9(5-3-8)14-10(11)6-7-13-14/h2-7H. The van der Waals surface area contributed by atoms with E-state index in [0.29, 0.717) is 5.69 Å².